The van der Waals surface area contributed by atoms with Crippen molar-refractivity contribution in [1.82, 2.24) is 35.6 Å². The van der Waals surface area contributed by atoms with Gasteiger partial charge in [-0.25, -0.2) is 4.98 Å². The van der Waals surface area contributed by atoms with Crippen molar-refractivity contribution in [3.8, 4) is 38.6 Å². The molecule has 5 aromatic rings. The summed E-state index contributed by atoms with van der Waals surface area (Å²) < 4.78 is 0. The molecule has 3 aromatic carbocycles. The number of hydrogen-bond donors (Lipinski definition) is 4. The second-order valence-corrected chi connectivity index (χ2v) is 17.7. The minimum absolute atomic E-state index is 0.0190. The van der Waals surface area contributed by atoms with E-state index in [0.717, 1.165) is 64.7 Å². The number of phenolic OH excluding ortho intramolecular Hbond substituents is 1. The lowest BCUT2D eigenvalue weighted by Gasteiger charge is -2.37. The van der Waals surface area contributed by atoms with E-state index in [1.807, 2.05) is 82.6 Å². The summed E-state index contributed by atoms with van der Waals surface area (Å²) >= 11 is 1.58. The minimum Gasteiger partial charge on any atom is -0.507 e. The first-order valence-corrected chi connectivity index (χ1v) is 21.4. The highest BCUT2D eigenvalue weighted by Gasteiger charge is 2.44. The molecule has 2 fully saturated rings. The maximum Gasteiger partial charge on any atom is 0.246 e. The molecule has 0 aliphatic carbocycles. The number of aliphatic hydroxyl groups excluding tert-OH is 1. The number of benzene rings is 3. The Balaban J connectivity index is 0.899. The van der Waals surface area contributed by atoms with Gasteiger partial charge in [-0.15, -0.1) is 11.3 Å². The molecule has 0 bridgehead atoms. The summed E-state index contributed by atoms with van der Waals surface area (Å²) in [4.78, 5) is 52.8. The standard InChI is InChI=1S/C46H54N8O5S/c1-29(31-10-12-33(13-11-31)42-30(2)47-28-60-42)49-44(58)39-25-36(55)27-54(39)45(59)43(46(3,4)5)50-41(57)18-19-52-20-22-53(23-21-52)35-16-14-32(15-17-35)34-24-38(51-48-26-34)37-8-6-7-9-40(37)56/h6-17,24,26,28-29,36,39,43,55-56H,18-23,25,27H2,1-5H3,(H,49,58)(H,50,57)/t29-,36+,39-,43+/m0/s1. The topological polar surface area (TPSA) is 164 Å². The summed E-state index contributed by atoms with van der Waals surface area (Å²) in [7, 11) is 0. The summed E-state index contributed by atoms with van der Waals surface area (Å²) in [5.74, 6) is -0.788. The van der Waals surface area contributed by atoms with Gasteiger partial charge < -0.3 is 30.6 Å². The van der Waals surface area contributed by atoms with Crippen LogP contribution in [-0.2, 0) is 14.4 Å². The predicted octanol–water partition coefficient (Wildman–Crippen LogP) is 5.83. The van der Waals surface area contributed by atoms with E-state index in [2.05, 4.69) is 59.9 Å². The predicted molar refractivity (Wildman–Crippen MR) is 234 cm³/mol. The third kappa shape index (κ3) is 9.83. The van der Waals surface area contributed by atoms with Crippen LogP contribution in [0.3, 0.4) is 0 Å². The molecule has 13 nitrogen and oxygen atoms in total. The number of piperazine rings is 1. The Kier molecular flexibility index (Phi) is 12.9. The first-order chi connectivity index (χ1) is 28.7. The fourth-order valence-corrected chi connectivity index (χ4v) is 8.76. The van der Waals surface area contributed by atoms with Gasteiger partial charge >= 0.3 is 0 Å². The van der Waals surface area contributed by atoms with E-state index in [0.29, 0.717) is 17.8 Å². The molecule has 2 aliphatic heterocycles. The van der Waals surface area contributed by atoms with Crippen LogP contribution in [-0.4, -0.2) is 110 Å². The third-order valence-electron chi connectivity index (χ3n) is 11.5. The minimum atomic E-state index is -0.884. The highest BCUT2D eigenvalue weighted by Crippen LogP contribution is 2.32. The molecule has 0 saturated carbocycles. The Morgan fingerprint density at radius 3 is 2.28 bits per heavy atom. The van der Waals surface area contributed by atoms with Crippen molar-refractivity contribution in [3.63, 3.8) is 0 Å². The monoisotopic (exact) mass is 830 g/mol. The summed E-state index contributed by atoms with van der Waals surface area (Å²) in [6, 6.07) is 23.2. The average Bonchev–Trinajstić information content (AvgIpc) is 3.87. The van der Waals surface area contributed by atoms with Gasteiger partial charge in [0.25, 0.3) is 0 Å². The number of aryl methyl sites for hydroxylation is 1. The molecule has 2 saturated heterocycles. The second-order valence-electron chi connectivity index (χ2n) is 16.9. The van der Waals surface area contributed by atoms with Crippen LogP contribution in [0.1, 0.15) is 57.8 Å². The smallest absolute Gasteiger partial charge is 0.246 e. The van der Waals surface area contributed by atoms with Crippen molar-refractivity contribution in [1.29, 1.82) is 0 Å². The molecule has 0 spiro atoms. The van der Waals surface area contributed by atoms with Gasteiger partial charge in [-0.3, -0.25) is 19.3 Å². The van der Waals surface area contributed by atoms with Crippen LogP contribution in [0.4, 0.5) is 5.69 Å². The summed E-state index contributed by atoms with van der Waals surface area (Å²) in [6.07, 6.45) is 1.22. The highest BCUT2D eigenvalue weighted by molar-refractivity contribution is 7.13. The lowest BCUT2D eigenvalue weighted by molar-refractivity contribution is -0.144. The zero-order chi connectivity index (χ0) is 42.6. The number of likely N-dealkylation sites (tertiary alicyclic amines) is 1. The number of aromatic hydroxyl groups is 1. The van der Waals surface area contributed by atoms with Gasteiger partial charge in [-0.2, -0.15) is 10.2 Å². The van der Waals surface area contributed by atoms with Crippen LogP contribution in [0.25, 0.3) is 32.8 Å². The number of para-hydroxylation sites is 1. The number of aromatic nitrogens is 3. The van der Waals surface area contributed by atoms with Crippen LogP contribution in [0.15, 0.2) is 90.6 Å². The Hall–Kier alpha value is -5.70. The van der Waals surface area contributed by atoms with E-state index < -0.39 is 23.6 Å². The number of phenols is 1. The molecule has 4 atom stereocenters. The summed E-state index contributed by atoms with van der Waals surface area (Å²) in [5.41, 5.74) is 8.38. The van der Waals surface area contributed by atoms with Crippen molar-refractivity contribution < 1.29 is 24.6 Å². The second kappa shape index (κ2) is 18.3. The van der Waals surface area contributed by atoms with Gasteiger partial charge in [0.05, 0.1) is 40.1 Å². The number of aliphatic hydroxyl groups is 1. The molecule has 3 amide bonds. The van der Waals surface area contributed by atoms with E-state index >= 15 is 0 Å². The van der Waals surface area contributed by atoms with E-state index in [4.69, 9.17) is 0 Å². The van der Waals surface area contributed by atoms with Gasteiger partial charge in [0, 0.05) is 68.9 Å². The number of amides is 3. The Morgan fingerprint density at radius 1 is 0.917 bits per heavy atom. The number of thiazole rings is 1. The Bertz CT molecular complexity index is 2280. The number of nitrogens with zero attached hydrogens (tertiary/aromatic N) is 6. The van der Waals surface area contributed by atoms with Crippen LogP contribution < -0.4 is 15.5 Å². The quantitative estimate of drug-likeness (QED) is 0.120. The Morgan fingerprint density at radius 2 is 1.62 bits per heavy atom. The van der Waals surface area contributed by atoms with E-state index in [1.54, 1.807) is 29.7 Å². The van der Waals surface area contributed by atoms with Crippen LogP contribution in [0, 0.1) is 12.3 Å². The fourth-order valence-electron chi connectivity index (χ4n) is 7.95. The molecule has 4 heterocycles. The van der Waals surface area contributed by atoms with E-state index in [9.17, 15) is 24.6 Å². The molecular weight excluding hydrogens is 777 g/mol. The van der Waals surface area contributed by atoms with Crippen molar-refractivity contribution >= 4 is 34.7 Å². The number of hydrogen-bond acceptors (Lipinski definition) is 11. The third-order valence-corrected chi connectivity index (χ3v) is 12.5. The number of carbonyl (C=O) groups is 3. The lowest BCUT2D eigenvalue weighted by Crippen LogP contribution is -2.58. The van der Waals surface area contributed by atoms with Gasteiger partial charge in [0.1, 0.15) is 17.8 Å². The molecule has 2 aromatic heterocycles. The molecule has 314 valence electrons. The molecule has 60 heavy (non-hydrogen) atoms. The number of anilines is 1. The first kappa shape index (κ1) is 42.4. The molecule has 0 radical (unpaired) electrons. The molecule has 14 heteroatoms. The van der Waals surface area contributed by atoms with Crippen molar-refractivity contribution in [2.75, 3.05) is 44.2 Å². The number of β-amino-alcohol motifs (C(OH)–C–C–N with tert-alkyl or cyclic N) is 1. The van der Waals surface area contributed by atoms with Crippen molar-refractivity contribution in [2.45, 2.75) is 71.7 Å². The normalized spacial score (nSPS) is 18.2. The molecule has 2 aliphatic rings. The van der Waals surface area contributed by atoms with Crippen LogP contribution >= 0.6 is 11.3 Å². The maximum absolute atomic E-state index is 14.2. The maximum atomic E-state index is 14.2. The zero-order valence-electron chi connectivity index (χ0n) is 34.8. The van der Waals surface area contributed by atoms with Crippen LogP contribution in [0.5, 0.6) is 5.75 Å². The van der Waals surface area contributed by atoms with Gasteiger partial charge in [-0.05, 0) is 66.3 Å². The number of carbonyl (C=O) groups excluding carboxylic acids is 3. The molecule has 4 N–H and O–H groups in total. The molecule has 0 unspecified atom stereocenters. The van der Waals surface area contributed by atoms with Gasteiger partial charge in [0.2, 0.25) is 17.7 Å². The van der Waals surface area contributed by atoms with Crippen molar-refractivity contribution in [2.24, 2.45) is 5.41 Å². The van der Waals surface area contributed by atoms with E-state index in [-0.39, 0.29) is 48.9 Å². The van der Waals surface area contributed by atoms with Gasteiger partial charge in [0.15, 0.2) is 0 Å². The number of nitrogens with one attached hydrogen (secondary N) is 2. The highest BCUT2D eigenvalue weighted by atomic mass is 32.1. The largest absolute Gasteiger partial charge is 0.507 e. The molecular formula is C46H54N8O5S. The van der Waals surface area contributed by atoms with Crippen molar-refractivity contribution in [3.05, 3.63) is 102 Å². The summed E-state index contributed by atoms with van der Waals surface area (Å²) in [6.45, 7) is 13.3. The average molecular weight is 831 g/mol. The fraction of sp³-hybridized carbons (Fsp3) is 0.391. The van der Waals surface area contributed by atoms with E-state index in [1.165, 1.54) is 4.90 Å². The number of rotatable bonds is 12. The Labute approximate surface area is 355 Å². The van der Waals surface area contributed by atoms with Crippen LogP contribution in [0.2, 0.25) is 0 Å². The molecule has 7 rings (SSSR count). The first-order valence-electron chi connectivity index (χ1n) is 20.5. The SMILES string of the molecule is Cc1ncsc1-c1ccc([C@H](C)NC(=O)[C@@H]2C[C@@H](O)CN2C(=O)[C@@H](NC(=O)CCN2CCN(c3ccc(-c4cnnc(-c5ccccc5O)c4)cc3)CC2)C(C)(C)C)cc1. The lowest BCUT2D eigenvalue weighted by atomic mass is 9.85. The summed E-state index contributed by atoms with van der Waals surface area (Å²) in [5, 5.41) is 35.4. The zero-order valence-corrected chi connectivity index (χ0v) is 35.7. The van der Waals surface area contributed by atoms with Gasteiger partial charge in [-0.1, -0.05) is 69.3 Å².